The van der Waals surface area contributed by atoms with Gasteiger partial charge in [-0.3, -0.25) is 4.57 Å². The monoisotopic (exact) mass is 741 g/mol. The Morgan fingerprint density at radius 3 is 2.28 bits per heavy atom. The molecule has 1 aliphatic rings. The molecule has 0 fully saturated rings. The van der Waals surface area contributed by atoms with Crippen LogP contribution in [0, 0.1) is 40.8 Å². The summed E-state index contributed by atoms with van der Waals surface area (Å²) < 4.78 is 110. The lowest BCUT2D eigenvalue weighted by molar-refractivity contribution is -0.140. The molecule has 5 aromatic rings. The van der Waals surface area contributed by atoms with E-state index in [0.29, 0.717) is 24.5 Å². The van der Waals surface area contributed by atoms with Crippen molar-refractivity contribution in [3.63, 3.8) is 0 Å². The molecule has 6 nitrogen and oxygen atoms in total. The van der Waals surface area contributed by atoms with Crippen LogP contribution in [0.15, 0.2) is 66.7 Å². The van der Waals surface area contributed by atoms with Gasteiger partial charge in [-0.1, -0.05) is 42.5 Å². The molecule has 0 saturated carbocycles. The molecule has 4 aromatic carbocycles. The van der Waals surface area contributed by atoms with E-state index in [1.165, 1.54) is 35.9 Å². The molecule has 280 valence electrons. The van der Waals surface area contributed by atoms with Gasteiger partial charge in [0.2, 0.25) is 41.0 Å². The summed E-state index contributed by atoms with van der Waals surface area (Å²) in [5.41, 5.74) is 4.22. The first-order valence-electron chi connectivity index (χ1n) is 17.5. The fourth-order valence-electron chi connectivity index (χ4n) is 6.87. The minimum Gasteiger partial charge on any atom is -0.418 e. The third-order valence-electron chi connectivity index (χ3n) is 9.68. The van der Waals surface area contributed by atoms with E-state index in [1.54, 1.807) is 6.07 Å². The van der Waals surface area contributed by atoms with Gasteiger partial charge in [0.05, 0.1) is 11.0 Å². The normalized spacial score (nSPS) is 15.5. The Morgan fingerprint density at radius 2 is 1.57 bits per heavy atom. The second kappa shape index (κ2) is 16.5. The SMILES string of the molecule is CCOC(c1ccc(C(F)C(=O)Oc2c(F)c(F)c(F)c(F)c2F)cc1)n1c(CCCN(C)CCC2CCc3cc(F)ccc3C2)nc2ccccc21. The van der Waals surface area contributed by atoms with Crippen molar-refractivity contribution in [2.45, 2.75) is 57.8 Å². The number of esters is 1. The molecule has 0 bridgehead atoms. The van der Waals surface area contributed by atoms with Crippen molar-refractivity contribution >= 4 is 17.0 Å². The third-order valence-corrected chi connectivity index (χ3v) is 9.68. The van der Waals surface area contributed by atoms with E-state index in [-0.39, 0.29) is 11.4 Å². The summed E-state index contributed by atoms with van der Waals surface area (Å²) in [5.74, 6) is -14.5. The lowest BCUT2D eigenvalue weighted by Crippen LogP contribution is -2.25. The Kier molecular flexibility index (Phi) is 11.8. The van der Waals surface area contributed by atoms with Gasteiger partial charge in [-0.25, -0.2) is 31.7 Å². The fraction of sp³-hybridized carbons (Fsp3) is 0.350. The van der Waals surface area contributed by atoms with E-state index in [1.807, 2.05) is 41.8 Å². The molecule has 1 aromatic heterocycles. The van der Waals surface area contributed by atoms with E-state index >= 15 is 4.39 Å². The number of imidazole rings is 1. The molecule has 13 heteroatoms. The highest BCUT2D eigenvalue weighted by atomic mass is 19.2. The number of carbonyl (C=O) groups excluding carboxylic acids is 1. The van der Waals surface area contributed by atoms with Crippen molar-refractivity contribution in [3.05, 3.63) is 130 Å². The molecule has 0 radical (unpaired) electrons. The number of rotatable bonds is 14. The average molecular weight is 742 g/mol. The van der Waals surface area contributed by atoms with Crippen LogP contribution < -0.4 is 4.74 Å². The van der Waals surface area contributed by atoms with E-state index < -0.39 is 53.2 Å². The number of halogens is 7. The number of aromatic nitrogens is 2. The summed E-state index contributed by atoms with van der Waals surface area (Å²) in [6.07, 6.45) is 2.07. The molecular formula is C40H38F7N3O3. The number of alkyl halides is 1. The summed E-state index contributed by atoms with van der Waals surface area (Å²) in [7, 11) is 2.09. The number of aryl methyl sites for hydroxylation is 2. The van der Waals surface area contributed by atoms with Crippen LogP contribution in [-0.4, -0.2) is 47.2 Å². The van der Waals surface area contributed by atoms with Crippen molar-refractivity contribution < 1.29 is 45.0 Å². The molecule has 0 aliphatic heterocycles. The molecule has 53 heavy (non-hydrogen) atoms. The predicted molar refractivity (Wildman–Crippen MR) is 184 cm³/mol. The average Bonchev–Trinajstić information content (AvgIpc) is 3.53. The van der Waals surface area contributed by atoms with Gasteiger partial charge in [0, 0.05) is 18.6 Å². The van der Waals surface area contributed by atoms with Crippen LogP contribution in [0.4, 0.5) is 30.7 Å². The number of hydrogen-bond acceptors (Lipinski definition) is 5. The number of para-hydroxylation sites is 2. The van der Waals surface area contributed by atoms with Gasteiger partial charge < -0.3 is 14.4 Å². The van der Waals surface area contributed by atoms with Crippen LogP contribution in [-0.2, 0) is 28.8 Å². The van der Waals surface area contributed by atoms with E-state index in [4.69, 9.17) is 9.72 Å². The van der Waals surface area contributed by atoms with Crippen LogP contribution >= 0.6 is 0 Å². The topological polar surface area (TPSA) is 56.6 Å². The number of ether oxygens (including phenoxy) is 2. The van der Waals surface area contributed by atoms with Crippen LogP contribution in [0.2, 0.25) is 0 Å². The molecule has 1 aliphatic carbocycles. The largest absolute Gasteiger partial charge is 0.418 e. The number of carbonyl (C=O) groups is 1. The van der Waals surface area contributed by atoms with Crippen molar-refractivity contribution in [2.75, 3.05) is 26.7 Å². The Hall–Kier alpha value is -4.75. The molecule has 3 unspecified atom stereocenters. The summed E-state index contributed by atoms with van der Waals surface area (Å²) in [4.78, 5) is 19.6. The first-order valence-corrected chi connectivity index (χ1v) is 17.5. The summed E-state index contributed by atoms with van der Waals surface area (Å²) in [5, 5.41) is 0. The minimum absolute atomic E-state index is 0.185. The highest BCUT2D eigenvalue weighted by Gasteiger charge is 2.32. The molecule has 1 heterocycles. The van der Waals surface area contributed by atoms with Crippen LogP contribution in [0.3, 0.4) is 0 Å². The van der Waals surface area contributed by atoms with Crippen LogP contribution in [0.1, 0.15) is 66.7 Å². The van der Waals surface area contributed by atoms with Gasteiger partial charge >= 0.3 is 5.97 Å². The first kappa shape index (κ1) is 38.0. The highest BCUT2D eigenvalue weighted by molar-refractivity contribution is 5.79. The Morgan fingerprint density at radius 1 is 0.887 bits per heavy atom. The van der Waals surface area contributed by atoms with E-state index in [0.717, 1.165) is 67.6 Å². The molecular weight excluding hydrogens is 703 g/mol. The maximum absolute atomic E-state index is 15.2. The number of fused-ring (bicyclic) bond motifs is 2. The minimum atomic E-state index is -2.61. The van der Waals surface area contributed by atoms with Gasteiger partial charge in [0.1, 0.15) is 11.6 Å². The van der Waals surface area contributed by atoms with Gasteiger partial charge in [0.15, 0.2) is 6.23 Å². The molecule has 0 amide bonds. The van der Waals surface area contributed by atoms with Gasteiger partial charge in [-0.05, 0) is 106 Å². The standard InChI is InChI=1S/C40H38F7N3O3/c1-3-52-39(25-14-12-24(13-15-25)32(42)40(51)53-38-36(46)34(44)33(43)35(45)37(38)47)50-30-8-5-4-7-29(30)48-31(50)9-6-19-49(2)20-18-23-10-11-27-22-28(41)17-16-26(27)21-23/h4-5,7-8,12-17,22-23,32,39H,3,6,9-11,18-21H2,1-2H3. The van der Waals surface area contributed by atoms with Gasteiger partial charge in [-0.15, -0.1) is 0 Å². The summed E-state index contributed by atoms with van der Waals surface area (Å²) >= 11 is 0. The first-order chi connectivity index (χ1) is 25.5. The maximum atomic E-state index is 15.2. The van der Waals surface area contributed by atoms with Crippen molar-refractivity contribution in [1.82, 2.24) is 14.5 Å². The number of benzene rings is 4. The smallest absolute Gasteiger partial charge is 0.351 e. The van der Waals surface area contributed by atoms with Crippen LogP contribution in [0.5, 0.6) is 5.75 Å². The third kappa shape index (κ3) is 8.26. The fourth-order valence-corrected chi connectivity index (χ4v) is 6.87. The van der Waals surface area contributed by atoms with Crippen molar-refractivity contribution in [1.29, 1.82) is 0 Å². The Bertz CT molecular complexity index is 2060. The summed E-state index contributed by atoms with van der Waals surface area (Å²) in [6, 6.07) is 18.2. The zero-order chi connectivity index (χ0) is 37.8. The molecule has 0 N–H and O–H groups in total. The molecule has 0 saturated heterocycles. The Labute approximate surface area is 302 Å². The lowest BCUT2D eigenvalue weighted by atomic mass is 9.82. The second-order valence-electron chi connectivity index (χ2n) is 13.3. The van der Waals surface area contributed by atoms with Crippen molar-refractivity contribution in [3.8, 4) is 5.75 Å². The van der Waals surface area contributed by atoms with E-state index in [9.17, 15) is 31.1 Å². The maximum Gasteiger partial charge on any atom is 0.351 e. The molecule has 3 atom stereocenters. The van der Waals surface area contributed by atoms with E-state index in [2.05, 4.69) is 16.7 Å². The van der Waals surface area contributed by atoms with Crippen molar-refractivity contribution in [2.24, 2.45) is 5.92 Å². The van der Waals surface area contributed by atoms with Crippen LogP contribution in [0.25, 0.3) is 11.0 Å². The Balaban J connectivity index is 1.13. The quantitative estimate of drug-likeness (QED) is 0.0374. The summed E-state index contributed by atoms with van der Waals surface area (Å²) in [6.45, 7) is 3.88. The number of nitrogens with zero attached hydrogens (tertiary/aromatic N) is 3. The van der Waals surface area contributed by atoms with Gasteiger partial charge in [-0.2, -0.15) is 8.78 Å². The predicted octanol–water partition coefficient (Wildman–Crippen LogP) is 9.13. The molecule has 6 rings (SSSR count). The molecule has 0 spiro atoms. The number of hydrogen-bond donors (Lipinski definition) is 0. The van der Waals surface area contributed by atoms with Gasteiger partial charge in [0.25, 0.3) is 0 Å². The lowest BCUT2D eigenvalue weighted by Gasteiger charge is -2.27. The second-order valence-corrected chi connectivity index (χ2v) is 13.3. The highest BCUT2D eigenvalue weighted by Crippen LogP contribution is 2.33. The zero-order valence-corrected chi connectivity index (χ0v) is 29.2. The zero-order valence-electron chi connectivity index (χ0n) is 29.2.